The summed E-state index contributed by atoms with van der Waals surface area (Å²) >= 11 is 0. The van der Waals surface area contributed by atoms with Crippen molar-refractivity contribution in [2.24, 2.45) is 7.05 Å². The number of hydrogen-bond acceptors (Lipinski definition) is 4. The standard InChI is InChI=1S/C24H29F4N5O/c1-5-16-13-33(20-10-22(34)31(4)21-11-29-30-23(20)21)17(6-2)12-32(16)14(3)18-8-7-15(9-19(18)25)24(26,27)28/h7-11,14,16-17H,5-6,12-13H2,1-4H3,(H,29,30)/t14?,16-,17+/m1/s1. The van der Waals surface area contributed by atoms with Crippen LogP contribution >= 0.6 is 0 Å². The molecule has 6 nitrogen and oxygen atoms in total. The van der Waals surface area contributed by atoms with Crippen molar-refractivity contribution in [3.63, 3.8) is 0 Å². The van der Waals surface area contributed by atoms with Gasteiger partial charge in [-0.1, -0.05) is 19.9 Å². The SMILES string of the molecule is CC[C@H]1CN(C(C)c2ccc(C(F)(F)F)cc2F)[C@H](CC)CN1c1cc(=O)n(C)c2c[nH]nc12. The normalized spacial score (nSPS) is 20.8. The van der Waals surface area contributed by atoms with Gasteiger partial charge in [0.25, 0.3) is 5.56 Å². The van der Waals surface area contributed by atoms with Crippen LogP contribution in [0, 0.1) is 5.82 Å². The van der Waals surface area contributed by atoms with Crippen LogP contribution in [0.2, 0.25) is 0 Å². The third-order valence-corrected chi connectivity index (χ3v) is 7.08. The number of pyridine rings is 1. The summed E-state index contributed by atoms with van der Waals surface area (Å²) in [6.07, 6.45) is -1.35. The first-order valence-corrected chi connectivity index (χ1v) is 11.5. The molecule has 1 aromatic carbocycles. The number of alkyl halides is 3. The number of aromatic nitrogens is 3. The van der Waals surface area contributed by atoms with Gasteiger partial charge in [0.05, 0.1) is 16.8 Å². The van der Waals surface area contributed by atoms with Gasteiger partial charge in [0, 0.05) is 56.1 Å². The molecular formula is C24H29F4N5O. The van der Waals surface area contributed by atoms with Gasteiger partial charge in [-0.15, -0.1) is 0 Å². The highest BCUT2D eigenvalue weighted by Crippen LogP contribution is 2.36. The molecule has 1 N–H and O–H groups in total. The van der Waals surface area contributed by atoms with Crippen LogP contribution in [0.4, 0.5) is 23.2 Å². The van der Waals surface area contributed by atoms with Gasteiger partial charge in [0.15, 0.2) is 0 Å². The fraction of sp³-hybridized carbons (Fsp3) is 0.500. The maximum Gasteiger partial charge on any atom is 0.416 e. The van der Waals surface area contributed by atoms with E-state index in [9.17, 15) is 22.4 Å². The number of nitrogens with zero attached hydrogens (tertiary/aromatic N) is 4. The minimum absolute atomic E-state index is 0.0116. The van der Waals surface area contributed by atoms with Gasteiger partial charge < -0.3 is 9.47 Å². The zero-order valence-corrected chi connectivity index (χ0v) is 19.7. The van der Waals surface area contributed by atoms with Gasteiger partial charge in [-0.05, 0) is 31.9 Å². The summed E-state index contributed by atoms with van der Waals surface area (Å²) in [5.74, 6) is -0.850. The van der Waals surface area contributed by atoms with Crippen LogP contribution in [0.3, 0.4) is 0 Å². The van der Waals surface area contributed by atoms with Crippen molar-refractivity contribution in [1.82, 2.24) is 19.7 Å². The van der Waals surface area contributed by atoms with Crippen LogP contribution in [0.5, 0.6) is 0 Å². The fourth-order valence-corrected chi connectivity index (χ4v) is 5.02. The number of hydrogen-bond donors (Lipinski definition) is 1. The molecule has 34 heavy (non-hydrogen) atoms. The number of anilines is 1. The Balaban J connectivity index is 1.67. The molecule has 0 aliphatic carbocycles. The summed E-state index contributed by atoms with van der Waals surface area (Å²) < 4.78 is 55.3. The van der Waals surface area contributed by atoms with E-state index in [1.807, 2.05) is 20.8 Å². The smallest absolute Gasteiger partial charge is 0.364 e. The average Bonchev–Trinajstić information content (AvgIpc) is 3.29. The van der Waals surface area contributed by atoms with Crippen LogP contribution < -0.4 is 10.5 Å². The number of H-pyrrole nitrogens is 1. The number of benzene rings is 1. The molecule has 4 rings (SSSR count). The van der Waals surface area contributed by atoms with Crippen molar-refractivity contribution in [2.75, 3.05) is 18.0 Å². The number of fused-ring (bicyclic) bond motifs is 1. The first-order chi connectivity index (χ1) is 16.1. The molecule has 3 atom stereocenters. The number of halogens is 4. The average molecular weight is 480 g/mol. The fourth-order valence-electron chi connectivity index (χ4n) is 5.02. The minimum Gasteiger partial charge on any atom is -0.364 e. The van der Waals surface area contributed by atoms with Gasteiger partial charge in [-0.2, -0.15) is 18.3 Å². The maximum absolute atomic E-state index is 14.8. The topological polar surface area (TPSA) is 57.2 Å². The van der Waals surface area contributed by atoms with E-state index in [-0.39, 0.29) is 23.2 Å². The van der Waals surface area contributed by atoms with E-state index >= 15 is 0 Å². The van der Waals surface area contributed by atoms with Gasteiger partial charge in [-0.25, -0.2) is 4.39 Å². The second-order valence-corrected chi connectivity index (χ2v) is 8.93. The molecule has 3 aromatic rings. The first-order valence-electron chi connectivity index (χ1n) is 11.5. The Morgan fingerprint density at radius 2 is 1.85 bits per heavy atom. The molecule has 3 heterocycles. The number of rotatable bonds is 5. The van der Waals surface area contributed by atoms with Crippen LogP contribution in [0.25, 0.3) is 11.0 Å². The lowest BCUT2D eigenvalue weighted by Gasteiger charge is -2.49. The third kappa shape index (κ3) is 4.19. The second kappa shape index (κ2) is 9.05. The van der Waals surface area contributed by atoms with Crippen molar-refractivity contribution >= 4 is 16.7 Å². The summed E-state index contributed by atoms with van der Waals surface area (Å²) in [6, 6.07) is 4.00. The Labute approximate surface area is 195 Å². The third-order valence-electron chi connectivity index (χ3n) is 7.08. The quantitative estimate of drug-likeness (QED) is 0.531. The predicted molar refractivity (Wildman–Crippen MR) is 123 cm³/mol. The molecule has 1 aliphatic rings. The molecule has 0 radical (unpaired) electrons. The predicted octanol–water partition coefficient (Wildman–Crippen LogP) is 4.86. The summed E-state index contributed by atoms with van der Waals surface area (Å²) in [5, 5.41) is 7.22. The van der Waals surface area contributed by atoms with E-state index in [2.05, 4.69) is 20.0 Å². The number of aryl methyl sites for hydroxylation is 1. The van der Waals surface area contributed by atoms with Gasteiger partial charge in [0.2, 0.25) is 0 Å². The van der Waals surface area contributed by atoms with Crippen LogP contribution in [0.15, 0.2) is 35.3 Å². The zero-order chi connectivity index (χ0) is 24.8. The van der Waals surface area contributed by atoms with Crippen molar-refractivity contribution < 1.29 is 17.6 Å². The van der Waals surface area contributed by atoms with Crippen molar-refractivity contribution in [3.8, 4) is 0 Å². The molecule has 184 valence electrons. The van der Waals surface area contributed by atoms with Crippen molar-refractivity contribution in [1.29, 1.82) is 0 Å². The van der Waals surface area contributed by atoms with Crippen molar-refractivity contribution in [3.05, 3.63) is 57.8 Å². The van der Waals surface area contributed by atoms with E-state index in [4.69, 9.17) is 0 Å². The molecule has 1 aliphatic heterocycles. The van der Waals surface area contributed by atoms with Gasteiger partial charge in [0.1, 0.15) is 11.3 Å². The van der Waals surface area contributed by atoms with E-state index in [0.29, 0.717) is 30.2 Å². The highest BCUT2D eigenvalue weighted by atomic mass is 19.4. The molecule has 0 bridgehead atoms. The van der Waals surface area contributed by atoms with Crippen LogP contribution in [0.1, 0.15) is 50.8 Å². The first kappa shape index (κ1) is 24.3. The summed E-state index contributed by atoms with van der Waals surface area (Å²) in [5.41, 5.74) is 1.32. The van der Waals surface area contributed by atoms with Gasteiger partial charge in [-0.3, -0.25) is 14.8 Å². The van der Waals surface area contributed by atoms with Gasteiger partial charge >= 0.3 is 6.18 Å². The lowest BCUT2D eigenvalue weighted by molar-refractivity contribution is -0.137. The Morgan fingerprint density at radius 3 is 2.47 bits per heavy atom. The highest BCUT2D eigenvalue weighted by Gasteiger charge is 2.37. The monoisotopic (exact) mass is 479 g/mol. The highest BCUT2D eigenvalue weighted by molar-refractivity contribution is 5.88. The minimum atomic E-state index is -4.59. The Bertz CT molecular complexity index is 1230. The lowest BCUT2D eigenvalue weighted by atomic mass is 9.95. The second-order valence-electron chi connectivity index (χ2n) is 8.93. The van der Waals surface area contributed by atoms with Crippen LogP contribution in [-0.4, -0.2) is 44.8 Å². The van der Waals surface area contributed by atoms with Crippen LogP contribution in [-0.2, 0) is 13.2 Å². The Kier molecular flexibility index (Phi) is 6.46. The zero-order valence-electron chi connectivity index (χ0n) is 19.7. The molecule has 0 amide bonds. The number of aromatic amines is 1. The summed E-state index contributed by atoms with van der Waals surface area (Å²) in [6.45, 7) is 7.09. The largest absolute Gasteiger partial charge is 0.416 e. The lowest BCUT2D eigenvalue weighted by Crippen LogP contribution is -2.59. The Morgan fingerprint density at radius 1 is 1.15 bits per heavy atom. The molecule has 0 spiro atoms. The maximum atomic E-state index is 14.8. The molecule has 2 aromatic heterocycles. The number of piperazine rings is 1. The summed E-state index contributed by atoms with van der Waals surface area (Å²) in [7, 11) is 1.70. The summed E-state index contributed by atoms with van der Waals surface area (Å²) in [4.78, 5) is 17.0. The molecule has 0 saturated carbocycles. The van der Waals surface area contributed by atoms with E-state index in [1.54, 1.807) is 23.9 Å². The number of nitrogens with one attached hydrogen (secondary N) is 1. The molecular weight excluding hydrogens is 450 g/mol. The molecule has 1 saturated heterocycles. The van der Waals surface area contributed by atoms with E-state index < -0.39 is 23.6 Å². The molecule has 1 fully saturated rings. The van der Waals surface area contributed by atoms with E-state index in [0.717, 1.165) is 24.6 Å². The van der Waals surface area contributed by atoms with Crippen molar-refractivity contribution in [2.45, 2.75) is 57.9 Å². The Hall–Kier alpha value is -2.88. The molecule has 10 heteroatoms. The van der Waals surface area contributed by atoms with E-state index in [1.165, 1.54) is 6.07 Å². The molecule has 1 unspecified atom stereocenters.